The zero-order valence-electron chi connectivity index (χ0n) is 21.9. The molecule has 6 heteroatoms. The number of carbonyl (C=O) groups excluding carboxylic acids is 1. The summed E-state index contributed by atoms with van der Waals surface area (Å²) in [7, 11) is 0. The molecular weight excluding hydrogens is 452 g/mol. The normalized spacial score (nSPS) is 14.3. The van der Waals surface area contributed by atoms with Crippen LogP contribution in [0.2, 0.25) is 0 Å². The molecule has 0 saturated carbocycles. The van der Waals surface area contributed by atoms with E-state index in [0.29, 0.717) is 13.2 Å². The van der Waals surface area contributed by atoms with Crippen molar-refractivity contribution in [2.45, 2.75) is 58.4 Å². The molecule has 0 spiro atoms. The molecule has 0 radical (unpaired) electrons. The fourth-order valence-electron chi connectivity index (χ4n) is 3.81. The zero-order valence-corrected chi connectivity index (χ0v) is 21.9. The minimum Gasteiger partial charge on any atom is -0.463 e. The first-order valence-corrected chi connectivity index (χ1v) is 12.3. The van der Waals surface area contributed by atoms with Crippen LogP contribution in [0.15, 0.2) is 91.0 Å². The largest absolute Gasteiger partial charge is 0.463 e. The first kappa shape index (κ1) is 27.6. The molecule has 0 fully saturated rings. The average molecular weight is 491 g/mol. The van der Waals surface area contributed by atoms with Crippen molar-refractivity contribution in [2.24, 2.45) is 0 Å². The van der Waals surface area contributed by atoms with Crippen molar-refractivity contribution in [3.63, 3.8) is 0 Å². The lowest BCUT2D eigenvalue weighted by molar-refractivity contribution is -0.304. The monoisotopic (exact) mass is 490 g/mol. The Labute approximate surface area is 215 Å². The molecule has 0 aliphatic rings. The van der Waals surface area contributed by atoms with E-state index in [-0.39, 0.29) is 18.7 Å². The van der Waals surface area contributed by atoms with Crippen molar-refractivity contribution in [1.29, 1.82) is 0 Å². The molecule has 1 N–H and O–H groups in total. The molecule has 3 aromatic rings. The Morgan fingerprint density at radius 3 is 2.00 bits per heavy atom. The molecule has 0 aromatic heterocycles. The van der Waals surface area contributed by atoms with E-state index in [1.54, 1.807) is 5.17 Å². The van der Waals surface area contributed by atoms with E-state index in [1.165, 1.54) is 6.92 Å². The van der Waals surface area contributed by atoms with E-state index in [2.05, 4.69) is 19.3 Å². The lowest BCUT2D eigenvalue weighted by Gasteiger charge is -2.45. The molecule has 0 saturated heterocycles. The summed E-state index contributed by atoms with van der Waals surface area (Å²) in [6.45, 7) is 10.6. The molecule has 6 nitrogen and oxygen atoms in total. The predicted octanol–water partition coefficient (Wildman–Crippen LogP) is 5.96. The van der Waals surface area contributed by atoms with Gasteiger partial charge >= 0.3 is 5.97 Å². The van der Waals surface area contributed by atoms with Crippen molar-refractivity contribution in [3.05, 3.63) is 108 Å². The van der Waals surface area contributed by atoms with Gasteiger partial charge in [-0.05, 0) is 44.4 Å². The fraction of sp³-hybridized carbons (Fsp3) is 0.367. The third-order valence-corrected chi connectivity index (χ3v) is 5.91. The second kappa shape index (κ2) is 12.8. The molecule has 0 heterocycles. The number of rotatable bonds is 13. The number of hydrogen-bond donors (Lipinski definition) is 1. The van der Waals surface area contributed by atoms with Gasteiger partial charge in [0.1, 0.15) is 18.2 Å². The summed E-state index contributed by atoms with van der Waals surface area (Å²) >= 11 is 0. The Morgan fingerprint density at radius 1 is 0.861 bits per heavy atom. The number of nitrogens with zero attached hydrogens (tertiary/aromatic N) is 1. The number of nitrogens with one attached hydrogen (secondary N) is 1. The van der Waals surface area contributed by atoms with E-state index in [4.69, 9.17) is 14.3 Å². The number of ether oxygens (including phenoxy) is 2. The quantitative estimate of drug-likeness (QED) is 0.236. The van der Waals surface area contributed by atoms with Gasteiger partial charge in [-0.3, -0.25) is 9.63 Å². The lowest BCUT2D eigenvalue weighted by Crippen LogP contribution is -2.61. The van der Waals surface area contributed by atoms with Gasteiger partial charge in [0.05, 0.1) is 18.8 Å². The topological polar surface area (TPSA) is 60.0 Å². The summed E-state index contributed by atoms with van der Waals surface area (Å²) in [6.07, 6.45) is -0.264. The van der Waals surface area contributed by atoms with Crippen LogP contribution in [-0.4, -0.2) is 29.9 Å². The molecule has 192 valence electrons. The van der Waals surface area contributed by atoms with Crippen molar-refractivity contribution >= 4 is 5.97 Å². The van der Waals surface area contributed by atoms with Crippen LogP contribution in [-0.2, 0) is 31.3 Å². The van der Waals surface area contributed by atoms with Gasteiger partial charge in [0, 0.05) is 6.92 Å². The third-order valence-electron chi connectivity index (χ3n) is 5.91. The molecule has 2 atom stereocenters. The van der Waals surface area contributed by atoms with E-state index in [1.807, 2.05) is 105 Å². The standard InChI is InChI=1S/C30H38N2O4/c1-24(27-17-11-7-12-18-27)36-32(30(5,23-35-25(2)33)28-19-13-8-14-20-28)31-29(3,4)22-34-21-26-15-9-6-10-16-26/h6-20,24,31H,21-23H2,1-5H3. The summed E-state index contributed by atoms with van der Waals surface area (Å²) in [5.41, 5.74) is 5.30. The minimum absolute atomic E-state index is 0.0990. The Morgan fingerprint density at radius 2 is 1.42 bits per heavy atom. The molecule has 2 unspecified atom stereocenters. The highest BCUT2D eigenvalue weighted by atomic mass is 16.7. The molecule has 0 aliphatic carbocycles. The second-order valence-corrected chi connectivity index (χ2v) is 9.85. The highest BCUT2D eigenvalue weighted by molar-refractivity contribution is 5.66. The van der Waals surface area contributed by atoms with Crippen molar-refractivity contribution < 1.29 is 19.1 Å². The highest BCUT2D eigenvalue weighted by Gasteiger charge is 2.40. The summed E-state index contributed by atoms with van der Waals surface area (Å²) in [5, 5.41) is 1.73. The zero-order chi connectivity index (χ0) is 26.0. The van der Waals surface area contributed by atoms with Gasteiger partial charge in [0.2, 0.25) is 0 Å². The van der Waals surface area contributed by atoms with Crippen LogP contribution in [0.3, 0.4) is 0 Å². The van der Waals surface area contributed by atoms with Crippen LogP contribution in [0.25, 0.3) is 0 Å². The van der Waals surface area contributed by atoms with Gasteiger partial charge in [-0.15, -0.1) is 5.17 Å². The van der Waals surface area contributed by atoms with Crippen LogP contribution in [0, 0.1) is 0 Å². The van der Waals surface area contributed by atoms with Crippen LogP contribution in [0.1, 0.15) is 57.4 Å². The minimum atomic E-state index is -0.827. The maximum absolute atomic E-state index is 11.8. The van der Waals surface area contributed by atoms with Crippen molar-refractivity contribution in [1.82, 2.24) is 10.6 Å². The maximum Gasteiger partial charge on any atom is 0.302 e. The van der Waals surface area contributed by atoms with Crippen molar-refractivity contribution in [2.75, 3.05) is 13.2 Å². The first-order valence-electron chi connectivity index (χ1n) is 12.3. The summed E-state index contributed by atoms with van der Waals surface area (Å²) in [5.74, 6) is -0.348. The van der Waals surface area contributed by atoms with E-state index in [0.717, 1.165) is 16.7 Å². The lowest BCUT2D eigenvalue weighted by atomic mass is 9.93. The van der Waals surface area contributed by atoms with Crippen LogP contribution in [0.4, 0.5) is 0 Å². The summed E-state index contributed by atoms with van der Waals surface area (Å²) in [6, 6.07) is 30.0. The SMILES string of the molecule is CC(=O)OCC(C)(c1ccccc1)N(NC(C)(C)COCc1ccccc1)OC(C)c1ccccc1. The third kappa shape index (κ3) is 8.00. The first-order chi connectivity index (χ1) is 17.2. The molecular formula is C30H38N2O4. The maximum atomic E-state index is 11.8. The number of carbonyl (C=O) groups is 1. The summed E-state index contributed by atoms with van der Waals surface area (Å²) in [4.78, 5) is 18.4. The predicted molar refractivity (Wildman–Crippen MR) is 142 cm³/mol. The Hall–Kier alpha value is -3.03. The number of benzene rings is 3. The van der Waals surface area contributed by atoms with E-state index >= 15 is 0 Å². The van der Waals surface area contributed by atoms with Crippen LogP contribution >= 0.6 is 0 Å². The number of hydroxylamine groups is 1. The molecule has 3 rings (SSSR count). The van der Waals surface area contributed by atoms with E-state index < -0.39 is 11.1 Å². The van der Waals surface area contributed by atoms with Gasteiger partial charge < -0.3 is 9.47 Å². The molecule has 36 heavy (non-hydrogen) atoms. The van der Waals surface area contributed by atoms with Gasteiger partial charge in [0.15, 0.2) is 0 Å². The molecule has 3 aromatic carbocycles. The molecule has 0 aliphatic heterocycles. The smallest absolute Gasteiger partial charge is 0.302 e. The molecule has 0 bridgehead atoms. The number of hydrazine groups is 1. The number of hydrogen-bond acceptors (Lipinski definition) is 6. The fourth-order valence-corrected chi connectivity index (χ4v) is 3.81. The Balaban J connectivity index is 1.86. The van der Waals surface area contributed by atoms with Crippen LogP contribution in [0.5, 0.6) is 0 Å². The Bertz CT molecular complexity index is 1060. The van der Waals surface area contributed by atoms with Crippen LogP contribution < -0.4 is 5.43 Å². The van der Waals surface area contributed by atoms with Gasteiger partial charge in [-0.25, -0.2) is 5.43 Å². The molecule has 0 amide bonds. The highest BCUT2D eigenvalue weighted by Crippen LogP contribution is 2.32. The number of esters is 1. The average Bonchev–Trinajstić information content (AvgIpc) is 2.88. The van der Waals surface area contributed by atoms with E-state index in [9.17, 15) is 4.79 Å². The Kier molecular flexibility index (Phi) is 9.79. The second-order valence-electron chi connectivity index (χ2n) is 9.85. The van der Waals surface area contributed by atoms with Crippen molar-refractivity contribution in [3.8, 4) is 0 Å². The van der Waals surface area contributed by atoms with Gasteiger partial charge in [-0.1, -0.05) is 91.0 Å². The summed E-state index contributed by atoms with van der Waals surface area (Å²) < 4.78 is 11.6. The van der Waals surface area contributed by atoms with Gasteiger partial charge in [0.25, 0.3) is 0 Å². The van der Waals surface area contributed by atoms with Gasteiger partial charge in [-0.2, -0.15) is 0 Å².